The Morgan fingerprint density at radius 2 is 1.52 bits per heavy atom. The summed E-state index contributed by atoms with van der Waals surface area (Å²) in [7, 11) is 0. The van der Waals surface area contributed by atoms with Crippen molar-refractivity contribution in [3.05, 3.63) is 29.8 Å². The average Bonchev–Trinajstić information content (AvgIpc) is 2.63. The standard InChI is InChI=1S/C21H34O4/c1-4-7-8-9-10-11-16-24-19(5-2)20(6-3)25-21(23)17-12-14-18(22)15-13-17/h12-15,19-20,22H,4-11,16H2,1-3H3. The largest absolute Gasteiger partial charge is 0.508 e. The van der Waals surface area contributed by atoms with Crippen LogP contribution in [0.25, 0.3) is 0 Å². The SMILES string of the molecule is CCCCCCCCOC(CC)C(CC)OC(=O)c1ccc(O)cc1. The van der Waals surface area contributed by atoms with Gasteiger partial charge in [-0.05, 0) is 43.5 Å². The molecule has 1 rings (SSSR count). The maximum absolute atomic E-state index is 12.3. The molecular weight excluding hydrogens is 316 g/mol. The van der Waals surface area contributed by atoms with Crippen molar-refractivity contribution >= 4 is 5.97 Å². The average molecular weight is 350 g/mol. The highest BCUT2D eigenvalue weighted by molar-refractivity contribution is 5.89. The molecule has 0 aliphatic carbocycles. The predicted octanol–water partition coefficient (Wildman–Crippen LogP) is 5.48. The van der Waals surface area contributed by atoms with Crippen molar-refractivity contribution in [3.63, 3.8) is 0 Å². The van der Waals surface area contributed by atoms with Crippen LogP contribution < -0.4 is 0 Å². The molecule has 0 radical (unpaired) electrons. The van der Waals surface area contributed by atoms with Gasteiger partial charge >= 0.3 is 5.97 Å². The highest BCUT2D eigenvalue weighted by atomic mass is 16.6. The van der Waals surface area contributed by atoms with Gasteiger partial charge in [-0.25, -0.2) is 4.79 Å². The summed E-state index contributed by atoms with van der Waals surface area (Å²) in [5.41, 5.74) is 0.446. The Bertz CT molecular complexity index is 469. The van der Waals surface area contributed by atoms with Crippen molar-refractivity contribution in [3.8, 4) is 5.75 Å². The molecule has 1 N–H and O–H groups in total. The number of hydrogen-bond donors (Lipinski definition) is 1. The first-order chi connectivity index (χ1) is 12.1. The number of aromatic hydroxyl groups is 1. The molecule has 0 aliphatic rings. The molecule has 0 aliphatic heterocycles. The van der Waals surface area contributed by atoms with E-state index in [9.17, 15) is 9.90 Å². The second-order valence-electron chi connectivity index (χ2n) is 6.48. The van der Waals surface area contributed by atoms with Gasteiger partial charge in [0.25, 0.3) is 0 Å². The Hall–Kier alpha value is -1.55. The lowest BCUT2D eigenvalue weighted by Crippen LogP contribution is -2.33. The molecule has 0 spiro atoms. The third-order valence-electron chi connectivity index (χ3n) is 4.41. The van der Waals surface area contributed by atoms with Crippen LogP contribution in [-0.4, -0.2) is 29.9 Å². The molecule has 1 aromatic carbocycles. The normalized spacial score (nSPS) is 13.4. The van der Waals surface area contributed by atoms with Gasteiger partial charge in [0.1, 0.15) is 11.9 Å². The quantitative estimate of drug-likeness (QED) is 0.378. The summed E-state index contributed by atoms with van der Waals surface area (Å²) in [6, 6.07) is 6.12. The summed E-state index contributed by atoms with van der Waals surface area (Å²) < 4.78 is 11.6. The molecule has 0 fully saturated rings. The minimum absolute atomic E-state index is 0.0679. The molecule has 0 heterocycles. The van der Waals surface area contributed by atoms with Crippen molar-refractivity contribution < 1.29 is 19.4 Å². The summed E-state index contributed by atoms with van der Waals surface area (Å²) >= 11 is 0. The molecule has 4 heteroatoms. The lowest BCUT2D eigenvalue weighted by atomic mass is 10.1. The Kier molecular flexibility index (Phi) is 11.0. The first-order valence-corrected chi connectivity index (χ1v) is 9.73. The first-order valence-electron chi connectivity index (χ1n) is 9.73. The monoisotopic (exact) mass is 350 g/mol. The Balaban J connectivity index is 2.40. The highest BCUT2D eigenvalue weighted by Gasteiger charge is 2.23. The number of phenolic OH excluding ortho intramolecular Hbond substituents is 1. The Morgan fingerprint density at radius 3 is 2.12 bits per heavy atom. The van der Waals surface area contributed by atoms with E-state index in [0.717, 1.165) is 25.9 Å². The van der Waals surface area contributed by atoms with E-state index in [0.29, 0.717) is 5.56 Å². The topological polar surface area (TPSA) is 55.8 Å². The fourth-order valence-electron chi connectivity index (χ4n) is 2.83. The van der Waals surface area contributed by atoms with Gasteiger partial charge in [-0.3, -0.25) is 0 Å². The molecule has 0 aromatic heterocycles. The third-order valence-corrected chi connectivity index (χ3v) is 4.41. The van der Waals surface area contributed by atoms with Crippen LogP contribution in [-0.2, 0) is 9.47 Å². The zero-order chi connectivity index (χ0) is 18.5. The van der Waals surface area contributed by atoms with Crippen LogP contribution in [0.1, 0.15) is 82.5 Å². The molecular formula is C21H34O4. The molecule has 1 aromatic rings. The van der Waals surface area contributed by atoms with Crippen LogP contribution in [0.2, 0.25) is 0 Å². The van der Waals surface area contributed by atoms with Gasteiger partial charge in [-0.1, -0.05) is 52.9 Å². The number of esters is 1. The van der Waals surface area contributed by atoms with E-state index >= 15 is 0 Å². The van der Waals surface area contributed by atoms with Crippen LogP contribution in [0.15, 0.2) is 24.3 Å². The number of rotatable bonds is 13. The van der Waals surface area contributed by atoms with Crippen LogP contribution in [0.3, 0.4) is 0 Å². The van der Waals surface area contributed by atoms with E-state index in [1.807, 2.05) is 6.92 Å². The van der Waals surface area contributed by atoms with Gasteiger partial charge in [-0.15, -0.1) is 0 Å². The number of ether oxygens (including phenoxy) is 2. The van der Waals surface area contributed by atoms with Gasteiger partial charge in [0.15, 0.2) is 0 Å². The molecule has 2 atom stereocenters. The van der Waals surface area contributed by atoms with Crippen molar-refractivity contribution in [2.45, 2.75) is 84.3 Å². The van der Waals surface area contributed by atoms with Crippen molar-refractivity contribution in [2.75, 3.05) is 6.61 Å². The van der Waals surface area contributed by atoms with Crippen LogP contribution in [0.5, 0.6) is 5.75 Å². The molecule has 0 saturated heterocycles. The lowest BCUT2D eigenvalue weighted by Gasteiger charge is -2.25. The van der Waals surface area contributed by atoms with E-state index in [1.165, 1.54) is 44.2 Å². The van der Waals surface area contributed by atoms with Crippen molar-refractivity contribution in [2.24, 2.45) is 0 Å². The minimum atomic E-state index is -0.367. The fourth-order valence-corrected chi connectivity index (χ4v) is 2.83. The molecule has 0 saturated carbocycles. The van der Waals surface area contributed by atoms with E-state index in [2.05, 4.69) is 13.8 Å². The van der Waals surface area contributed by atoms with Crippen LogP contribution in [0, 0.1) is 0 Å². The number of carbonyl (C=O) groups excluding carboxylic acids is 1. The van der Waals surface area contributed by atoms with Gasteiger partial charge in [-0.2, -0.15) is 0 Å². The zero-order valence-electron chi connectivity index (χ0n) is 16.0. The fraction of sp³-hybridized carbons (Fsp3) is 0.667. The van der Waals surface area contributed by atoms with Crippen LogP contribution >= 0.6 is 0 Å². The molecule has 4 nitrogen and oxygen atoms in total. The maximum atomic E-state index is 12.3. The van der Waals surface area contributed by atoms with Gasteiger partial charge in [0, 0.05) is 6.61 Å². The molecule has 0 bridgehead atoms. The lowest BCUT2D eigenvalue weighted by molar-refractivity contribution is -0.0562. The molecule has 0 amide bonds. The number of hydrogen-bond acceptors (Lipinski definition) is 4. The summed E-state index contributed by atoms with van der Waals surface area (Å²) in [5.74, 6) is -0.231. The van der Waals surface area contributed by atoms with Crippen molar-refractivity contribution in [1.29, 1.82) is 0 Å². The molecule has 2 unspecified atom stereocenters. The minimum Gasteiger partial charge on any atom is -0.508 e. The summed E-state index contributed by atoms with van der Waals surface area (Å²) in [4.78, 5) is 12.3. The smallest absolute Gasteiger partial charge is 0.338 e. The second kappa shape index (κ2) is 12.8. The number of unbranched alkanes of at least 4 members (excludes halogenated alkanes) is 5. The highest BCUT2D eigenvalue weighted by Crippen LogP contribution is 2.17. The predicted molar refractivity (Wildman–Crippen MR) is 101 cm³/mol. The third kappa shape index (κ3) is 8.39. The van der Waals surface area contributed by atoms with E-state index in [1.54, 1.807) is 12.1 Å². The molecule has 25 heavy (non-hydrogen) atoms. The summed E-state index contributed by atoms with van der Waals surface area (Å²) in [6.45, 7) is 7.01. The van der Waals surface area contributed by atoms with Crippen LogP contribution in [0.4, 0.5) is 0 Å². The number of phenols is 1. The Labute approximate surface area is 152 Å². The van der Waals surface area contributed by atoms with Gasteiger partial charge in [0.05, 0.1) is 11.7 Å². The Morgan fingerprint density at radius 1 is 0.920 bits per heavy atom. The second-order valence-corrected chi connectivity index (χ2v) is 6.48. The van der Waals surface area contributed by atoms with E-state index < -0.39 is 0 Å². The van der Waals surface area contributed by atoms with E-state index in [-0.39, 0.29) is 23.9 Å². The summed E-state index contributed by atoms with van der Waals surface area (Å²) in [6.07, 6.45) is 8.62. The van der Waals surface area contributed by atoms with Gasteiger partial charge in [0.2, 0.25) is 0 Å². The number of carbonyl (C=O) groups is 1. The first kappa shape index (κ1) is 21.5. The molecule has 142 valence electrons. The van der Waals surface area contributed by atoms with Crippen molar-refractivity contribution in [1.82, 2.24) is 0 Å². The van der Waals surface area contributed by atoms with E-state index in [4.69, 9.17) is 9.47 Å². The van der Waals surface area contributed by atoms with Gasteiger partial charge < -0.3 is 14.6 Å². The zero-order valence-corrected chi connectivity index (χ0v) is 16.0. The summed E-state index contributed by atoms with van der Waals surface area (Å²) in [5, 5.41) is 9.31. The maximum Gasteiger partial charge on any atom is 0.338 e. The number of benzene rings is 1.